The smallest absolute Gasteiger partial charge is 0.338 e. The largest absolute Gasteiger partial charge is 0.452 e. The van der Waals surface area contributed by atoms with Crippen LogP contribution in [0.4, 0.5) is 5.69 Å². The number of anilines is 1. The van der Waals surface area contributed by atoms with Crippen molar-refractivity contribution in [2.75, 3.05) is 25.0 Å². The van der Waals surface area contributed by atoms with Gasteiger partial charge in [0.25, 0.3) is 5.91 Å². The van der Waals surface area contributed by atoms with Gasteiger partial charge in [-0.2, -0.15) is 4.31 Å². The van der Waals surface area contributed by atoms with E-state index in [0.717, 1.165) is 11.1 Å². The lowest BCUT2D eigenvalue weighted by molar-refractivity contribution is -0.119. The van der Waals surface area contributed by atoms with Gasteiger partial charge in [-0.05, 0) is 63.1 Å². The predicted molar refractivity (Wildman–Crippen MR) is 125 cm³/mol. The number of esters is 1. The minimum Gasteiger partial charge on any atom is -0.452 e. The van der Waals surface area contributed by atoms with Crippen molar-refractivity contribution in [2.45, 2.75) is 44.8 Å². The van der Waals surface area contributed by atoms with Crippen LogP contribution in [0.5, 0.6) is 0 Å². The third kappa shape index (κ3) is 5.92. The Labute approximate surface area is 198 Å². The fourth-order valence-corrected chi connectivity index (χ4v) is 5.67. The number of sulfonamides is 1. The molecule has 2 aromatic carbocycles. The average Bonchev–Trinajstić information content (AvgIpc) is 2.74. The molecule has 1 aliphatic heterocycles. The number of nitrogens with zero attached hydrogens (tertiary/aromatic N) is 1. The number of amides is 1. The number of nitrogens with one attached hydrogen (secondary N) is 1. The van der Waals surface area contributed by atoms with Gasteiger partial charge in [-0.3, -0.25) is 4.79 Å². The Bertz CT molecular complexity index is 1160. The second-order valence-corrected chi connectivity index (χ2v) is 10.4. The monoisotopic (exact) mass is 494 g/mol. The molecule has 2 unspecified atom stereocenters. The SMILES string of the molecule is Cc1cccc(NC(=O)COC(=O)c2ccc(Cl)c(S(=O)(=O)N3CC(C)OC(C)C3)c2)c1C. The van der Waals surface area contributed by atoms with Crippen LogP contribution < -0.4 is 5.32 Å². The molecule has 33 heavy (non-hydrogen) atoms. The molecule has 10 heteroatoms. The number of rotatable bonds is 6. The molecule has 0 bridgehead atoms. The standard InChI is InChI=1S/C23H27ClN2O6S/c1-14-6-5-7-20(17(14)4)25-22(27)13-31-23(28)18-8-9-19(24)21(10-18)33(29,30)26-11-15(2)32-16(3)12-26/h5-10,15-16H,11-13H2,1-4H3,(H,25,27). The van der Waals surface area contributed by atoms with Crippen molar-refractivity contribution in [2.24, 2.45) is 0 Å². The van der Waals surface area contributed by atoms with Crippen molar-refractivity contribution in [3.8, 4) is 0 Å². The molecule has 3 rings (SSSR count). The number of aryl methyl sites for hydroxylation is 1. The van der Waals surface area contributed by atoms with Crippen LogP contribution in [0, 0.1) is 13.8 Å². The number of carbonyl (C=O) groups is 2. The van der Waals surface area contributed by atoms with Crippen LogP contribution in [0.2, 0.25) is 5.02 Å². The zero-order valence-corrected chi connectivity index (χ0v) is 20.5. The molecule has 1 amide bonds. The summed E-state index contributed by atoms with van der Waals surface area (Å²) in [5.74, 6) is -1.34. The number of halogens is 1. The number of benzene rings is 2. The van der Waals surface area contributed by atoms with E-state index < -0.39 is 28.5 Å². The molecule has 8 nitrogen and oxygen atoms in total. The first-order valence-corrected chi connectivity index (χ1v) is 12.3. The van der Waals surface area contributed by atoms with Gasteiger partial charge in [0.2, 0.25) is 10.0 Å². The molecular formula is C23H27ClN2O6S. The van der Waals surface area contributed by atoms with Gasteiger partial charge in [0.15, 0.2) is 6.61 Å². The van der Waals surface area contributed by atoms with E-state index in [1.165, 1.54) is 22.5 Å². The molecule has 1 saturated heterocycles. The highest BCUT2D eigenvalue weighted by Crippen LogP contribution is 2.28. The number of hydrogen-bond donors (Lipinski definition) is 1. The summed E-state index contributed by atoms with van der Waals surface area (Å²) in [5.41, 5.74) is 2.54. The van der Waals surface area contributed by atoms with Crippen LogP contribution >= 0.6 is 11.6 Å². The number of ether oxygens (including phenoxy) is 2. The number of morpholine rings is 1. The van der Waals surface area contributed by atoms with Gasteiger partial charge in [-0.1, -0.05) is 23.7 Å². The van der Waals surface area contributed by atoms with Crippen LogP contribution in [0.3, 0.4) is 0 Å². The summed E-state index contributed by atoms with van der Waals surface area (Å²) in [4.78, 5) is 24.6. The average molecular weight is 495 g/mol. The second-order valence-electron chi connectivity index (χ2n) is 8.10. The van der Waals surface area contributed by atoms with Gasteiger partial charge >= 0.3 is 5.97 Å². The first kappa shape index (κ1) is 25.2. The topological polar surface area (TPSA) is 102 Å². The van der Waals surface area contributed by atoms with Crippen molar-refractivity contribution in [1.82, 2.24) is 4.31 Å². The molecule has 1 fully saturated rings. The molecule has 0 spiro atoms. The molecular weight excluding hydrogens is 468 g/mol. The third-order valence-electron chi connectivity index (χ3n) is 5.38. The Morgan fingerprint density at radius 1 is 1.15 bits per heavy atom. The Morgan fingerprint density at radius 3 is 2.48 bits per heavy atom. The van der Waals surface area contributed by atoms with Gasteiger partial charge < -0.3 is 14.8 Å². The van der Waals surface area contributed by atoms with Gasteiger partial charge in [0.1, 0.15) is 4.90 Å². The van der Waals surface area contributed by atoms with Gasteiger partial charge in [-0.15, -0.1) is 0 Å². The van der Waals surface area contributed by atoms with Crippen LogP contribution in [0.15, 0.2) is 41.3 Å². The van der Waals surface area contributed by atoms with Crippen LogP contribution in [-0.2, 0) is 24.3 Å². The highest BCUT2D eigenvalue weighted by molar-refractivity contribution is 7.89. The summed E-state index contributed by atoms with van der Waals surface area (Å²) in [5, 5.41) is 2.69. The molecule has 2 atom stereocenters. The van der Waals surface area contributed by atoms with Crippen molar-refractivity contribution in [3.05, 3.63) is 58.1 Å². The van der Waals surface area contributed by atoms with E-state index in [-0.39, 0.29) is 40.8 Å². The van der Waals surface area contributed by atoms with Gasteiger partial charge in [-0.25, -0.2) is 13.2 Å². The molecule has 0 saturated carbocycles. The van der Waals surface area contributed by atoms with Crippen molar-refractivity contribution in [1.29, 1.82) is 0 Å². The third-order valence-corrected chi connectivity index (χ3v) is 7.70. The highest BCUT2D eigenvalue weighted by Gasteiger charge is 2.34. The Hall–Kier alpha value is -2.46. The number of hydrogen-bond acceptors (Lipinski definition) is 6. The van der Waals surface area contributed by atoms with Gasteiger partial charge in [0.05, 0.1) is 22.8 Å². The summed E-state index contributed by atoms with van der Waals surface area (Å²) in [6, 6.07) is 9.36. The van der Waals surface area contributed by atoms with Crippen molar-refractivity contribution in [3.63, 3.8) is 0 Å². The fourth-order valence-electron chi connectivity index (χ4n) is 3.58. The summed E-state index contributed by atoms with van der Waals surface area (Å²) in [6.07, 6.45) is -0.544. The lowest BCUT2D eigenvalue weighted by Gasteiger charge is -2.34. The Morgan fingerprint density at radius 2 is 1.82 bits per heavy atom. The second kappa shape index (κ2) is 10.2. The Balaban J connectivity index is 1.71. The van der Waals surface area contributed by atoms with Crippen LogP contribution in [-0.4, -0.2) is 56.5 Å². The van der Waals surface area contributed by atoms with Crippen molar-refractivity contribution >= 4 is 39.2 Å². The highest BCUT2D eigenvalue weighted by atomic mass is 35.5. The number of carbonyl (C=O) groups excluding carboxylic acids is 2. The maximum Gasteiger partial charge on any atom is 0.338 e. The lowest BCUT2D eigenvalue weighted by Crippen LogP contribution is -2.48. The van der Waals surface area contributed by atoms with E-state index in [9.17, 15) is 18.0 Å². The molecule has 1 aliphatic rings. The maximum atomic E-state index is 13.2. The summed E-state index contributed by atoms with van der Waals surface area (Å²) in [7, 11) is -3.96. The minimum absolute atomic E-state index is 0.00832. The lowest BCUT2D eigenvalue weighted by atomic mass is 10.1. The van der Waals surface area contributed by atoms with Crippen molar-refractivity contribution < 1.29 is 27.5 Å². The summed E-state index contributed by atoms with van der Waals surface area (Å²) >= 11 is 6.17. The maximum absolute atomic E-state index is 13.2. The van der Waals surface area contributed by atoms with E-state index in [1.807, 2.05) is 26.0 Å². The molecule has 0 radical (unpaired) electrons. The first-order valence-electron chi connectivity index (χ1n) is 10.5. The van der Waals surface area contributed by atoms with E-state index in [2.05, 4.69) is 5.32 Å². The molecule has 178 valence electrons. The van der Waals surface area contributed by atoms with Gasteiger partial charge in [0, 0.05) is 18.8 Å². The molecule has 0 aliphatic carbocycles. The van der Waals surface area contributed by atoms with Crippen LogP contribution in [0.1, 0.15) is 35.3 Å². The molecule has 0 aromatic heterocycles. The predicted octanol–water partition coefficient (Wildman–Crippen LogP) is 3.55. The molecule has 1 N–H and O–H groups in total. The Kier molecular flexibility index (Phi) is 7.79. The normalized spacial score (nSPS) is 19.2. The minimum atomic E-state index is -3.96. The van der Waals surface area contributed by atoms with Crippen LogP contribution in [0.25, 0.3) is 0 Å². The van der Waals surface area contributed by atoms with E-state index in [4.69, 9.17) is 21.1 Å². The van der Waals surface area contributed by atoms with E-state index in [0.29, 0.717) is 5.69 Å². The fraction of sp³-hybridized carbons (Fsp3) is 0.391. The van der Waals surface area contributed by atoms with E-state index >= 15 is 0 Å². The molecule has 1 heterocycles. The first-order chi connectivity index (χ1) is 15.5. The summed E-state index contributed by atoms with van der Waals surface area (Å²) < 4.78 is 38.3. The quantitative estimate of drug-likeness (QED) is 0.616. The van der Waals surface area contributed by atoms with E-state index in [1.54, 1.807) is 19.9 Å². The summed E-state index contributed by atoms with van der Waals surface area (Å²) in [6.45, 7) is 7.22. The molecule has 2 aromatic rings. The zero-order chi connectivity index (χ0) is 24.3. The zero-order valence-electron chi connectivity index (χ0n) is 18.9.